The Bertz CT molecular complexity index is 654. The zero-order valence-electron chi connectivity index (χ0n) is 17.1. The van der Waals surface area contributed by atoms with Crippen molar-refractivity contribution in [1.29, 1.82) is 0 Å². The number of nitrogens with one attached hydrogen (secondary N) is 1. The fraction of sp³-hybridized carbons (Fsp3) is 0.619. The SMILES string of the molecule is CCOc1cccc([C@H](C)NC(=O)[C@@H]2CCCCN2C(=O)OC(C)(C)C)c1. The smallest absolute Gasteiger partial charge is 0.410 e. The second kappa shape index (κ2) is 9.11. The maximum absolute atomic E-state index is 12.9. The summed E-state index contributed by atoms with van der Waals surface area (Å²) in [6.45, 7) is 10.5. The molecule has 27 heavy (non-hydrogen) atoms. The molecular formula is C21H32N2O4. The molecule has 0 radical (unpaired) electrons. The van der Waals surface area contributed by atoms with Crippen LogP contribution in [0.4, 0.5) is 4.79 Å². The molecule has 1 aromatic rings. The van der Waals surface area contributed by atoms with Gasteiger partial charge in [-0.25, -0.2) is 4.79 Å². The summed E-state index contributed by atoms with van der Waals surface area (Å²) in [6, 6.07) is 7.02. The third kappa shape index (κ3) is 6.15. The molecule has 1 N–H and O–H groups in total. The van der Waals surface area contributed by atoms with Crippen molar-refractivity contribution >= 4 is 12.0 Å². The summed E-state index contributed by atoms with van der Waals surface area (Å²) in [7, 11) is 0. The highest BCUT2D eigenvalue weighted by Gasteiger charge is 2.35. The maximum Gasteiger partial charge on any atom is 0.410 e. The molecule has 1 aliphatic heterocycles. The summed E-state index contributed by atoms with van der Waals surface area (Å²) in [4.78, 5) is 27.0. The van der Waals surface area contributed by atoms with Crippen LogP contribution in [0.3, 0.4) is 0 Å². The van der Waals surface area contributed by atoms with Crippen molar-refractivity contribution < 1.29 is 19.1 Å². The quantitative estimate of drug-likeness (QED) is 0.842. The van der Waals surface area contributed by atoms with Gasteiger partial charge in [0.15, 0.2) is 0 Å². The number of rotatable bonds is 5. The summed E-state index contributed by atoms with van der Waals surface area (Å²) in [5.41, 5.74) is 0.386. The second-order valence-corrected chi connectivity index (χ2v) is 7.92. The van der Waals surface area contributed by atoms with Crippen molar-refractivity contribution in [2.45, 2.75) is 71.6 Å². The molecule has 0 saturated carbocycles. The lowest BCUT2D eigenvalue weighted by Gasteiger charge is -2.36. The number of carbonyl (C=O) groups is 2. The number of piperidine rings is 1. The van der Waals surface area contributed by atoms with Crippen molar-refractivity contribution in [3.05, 3.63) is 29.8 Å². The van der Waals surface area contributed by atoms with Crippen LogP contribution in [-0.4, -0.2) is 41.7 Å². The predicted octanol–water partition coefficient (Wildman–Crippen LogP) is 4.05. The van der Waals surface area contributed by atoms with Gasteiger partial charge in [0.05, 0.1) is 12.6 Å². The van der Waals surface area contributed by atoms with Crippen molar-refractivity contribution in [1.82, 2.24) is 10.2 Å². The molecule has 1 aromatic carbocycles. The van der Waals surface area contributed by atoms with Crippen molar-refractivity contribution in [3.63, 3.8) is 0 Å². The van der Waals surface area contributed by atoms with Crippen molar-refractivity contribution in [2.24, 2.45) is 0 Å². The van der Waals surface area contributed by atoms with Gasteiger partial charge in [-0.15, -0.1) is 0 Å². The Morgan fingerprint density at radius 2 is 2.04 bits per heavy atom. The standard InChI is InChI=1S/C21H32N2O4/c1-6-26-17-11-9-10-16(14-17)15(2)22-19(24)18-12-7-8-13-23(18)20(25)27-21(3,4)5/h9-11,14-15,18H,6-8,12-13H2,1-5H3,(H,22,24)/t15-,18-/m0/s1. The van der Waals surface area contributed by atoms with Gasteiger partial charge in [-0.2, -0.15) is 0 Å². The lowest BCUT2D eigenvalue weighted by atomic mass is 10.0. The zero-order chi connectivity index (χ0) is 20.0. The number of hydrogen-bond donors (Lipinski definition) is 1. The zero-order valence-corrected chi connectivity index (χ0v) is 17.1. The molecule has 0 aromatic heterocycles. The van der Waals surface area contributed by atoms with E-state index in [-0.39, 0.29) is 11.9 Å². The van der Waals surface area contributed by atoms with Gasteiger partial charge in [0, 0.05) is 6.54 Å². The molecule has 1 heterocycles. The number of hydrogen-bond acceptors (Lipinski definition) is 4. The first-order chi connectivity index (χ1) is 12.7. The molecule has 6 nitrogen and oxygen atoms in total. The van der Waals surface area contributed by atoms with Crippen LogP contribution in [0.1, 0.15) is 65.5 Å². The molecule has 1 fully saturated rings. The molecule has 2 rings (SSSR count). The fourth-order valence-corrected chi connectivity index (χ4v) is 3.18. The minimum absolute atomic E-state index is 0.144. The molecule has 2 amide bonds. The maximum atomic E-state index is 12.9. The number of amides is 2. The first kappa shape index (κ1) is 21.1. The summed E-state index contributed by atoms with van der Waals surface area (Å²) < 4.78 is 11.0. The number of ether oxygens (including phenoxy) is 2. The summed E-state index contributed by atoms with van der Waals surface area (Å²) in [5, 5.41) is 3.04. The van der Waals surface area contributed by atoms with Crippen molar-refractivity contribution in [2.75, 3.05) is 13.2 Å². The Labute approximate surface area is 162 Å². The van der Waals surface area contributed by atoms with Crippen LogP contribution in [0.5, 0.6) is 5.75 Å². The number of benzene rings is 1. The molecule has 2 atom stereocenters. The first-order valence-electron chi connectivity index (χ1n) is 9.74. The summed E-state index contributed by atoms with van der Waals surface area (Å²) >= 11 is 0. The molecular weight excluding hydrogens is 344 g/mol. The minimum atomic E-state index is -0.581. The van der Waals surface area contributed by atoms with Crippen LogP contribution in [0.25, 0.3) is 0 Å². The van der Waals surface area contributed by atoms with Gasteiger partial charge in [-0.1, -0.05) is 12.1 Å². The molecule has 1 aliphatic rings. The Hall–Kier alpha value is -2.24. The van der Waals surface area contributed by atoms with Crippen LogP contribution in [0, 0.1) is 0 Å². The average Bonchev–Trinajstić information content (AvgIpc) is 2.60. The summed E-state index contributed by atoms with van der Waals surface area (Å²) in [6.07, 6.45) is 2.03. The number of likely N-dealkylation sites (tertiary alicyclic amines) is 1. The van der Waals surface area contributed by atoms with E-state index in [0.717, 1.165) is 24.2 Å². The normalized spacial score (nSPS) is 18.6. The van der Waals surface area contributed by atoms with Gasteiger partial charge in [0.1, 0.15) is 17.4 Å². The number of nitrogens with zero attached hydrogens (tertiary/aromatic N) is 1. The highest BCUT2D eigenvalue weighted by Crippen LogP contribution is 2.23. The predicted molar refractivity (Wildman–Crippen MR) is 105 cm³/mol. The molecule has 150 valence electrons. The van der Waals surface area contributed by atoms with E-state index in [1.165, 1.54) is 0 Å². The van der Waals surface area contributed by atoms with Crippen molar-refractivity contribution in [3.8, 4) is 5.75 Å². The van der Waals surface area contributed by atoms with E-state index < -0.39 is 17.7 Å². The Balaban J connectivity index is 2.05. The Morgan fingerprint density at radius 1 is 1.30 bits per heavy atom. The van der Waals surface area contributed by atoms with Gasteiger partial charge in [-0.3, -0.25) is 9.69 Å². The highest BCUT2D eigenvalue weighted by atomic mass is 16.6. The van der Waals surface area contributed by atoms with E-state index >= 15 is 0 Å². The third-order valence-corrected chi connectivity index (χ3v) is 4.46. The first-order valence-corrected chi connectivity index (χ1v) is 9.74. The molecule has 6 heteroatoms. The highest BCUT2D eigenvalue weighted by molar-refractivity contribution is 5.86. The van der Waals surface area contributed by atoms with Crippen LogP contribution in [-0.2, 0) is 9.53 Å². The summed E-state index contributed by atoms with van der Waals surface area (Å²) in [5.74, 6) is 0.638. The largest absolute Gasteiger partial charge is 0.494 e. The van der Waals surface area contributed by atoms with Crippen LogP contribution in [0.2, 0.25) is 0 Å². The van der Waals surface area contributed by atoms with Gasteiger partial charge < -0.3 is 14.8 Å². The van der Waals surface area contributed by atoms with E-state index in [1.54, 1.807) is 4.90 Å². The molecule has 0 bridgehead atoms. The topological polar surface area (TPSA) is 67.9 Å². The van der Waals surface area contributed by atoms with E-state index in [4.69, 9.17) is 9.47 Å². The lowest BCUT2D eigenvalue weighted by Crippen LogP contribution is -2.53. The van der Waals surface area contributed by atoms with E-state index in [9.17, 15) is 9.59 Å². The third-order valence-electron chi connectivity index (χ3n) is 4.46. The minimum Gasteiger partial charge on any atom is -0.494 e. The van der Waals surface area contributed by atoms with Crippen LogP contribution < -0.4 is 10.1 Å². The van der Waals surface area contributed by atoms with Crippen LogP contribution >= 0.6 is 0 Å². The molecule has 0 aliphatic carbocycles. The molecule has 0 unspecified atom stereocenters. The van der Waals surface area contributed by atoms with Crippen LogP contribution in [0.15, 0.2) is 24.3 Å². The second-order valence-electron chi connectivity index (χ2n) is 7.92. The van der Waals surface area contributed by atoms with E-state index in [1.807, 2.05) is 58.9 Å². The average molecular weight is 376 g/mol. The van der Waals surface area contributed by atoms with Gasteiger partial charge >= 0.3 is 6.09 Å². The molecule has 0 spiro atoms. The monoisotopic (exact) mass is 376 g/mol. The van der Waals surface area contributed by atoms with E-state index in [2.05, 4.69) is 5.32 Å². The Morgan fingerprint density at radius 3 is 2.70 bits per heavy atom. The van der Waals surface area contributed by atoms with Gasteiger partial charge in [0.2, 0.25) is 5.91 Å². The molecule has 1 saturated heterocycles. The Kier molecular flexibility index (Phi) is 7.11. The number of carbonyl (C=O) groups excluding carboxylic acids is 2. The fourth-order valence-electron chi connectivity index (χ4n) is 3.18. The van der Waals surface area contributed by atoms with E-state index in [0.29, 0.717) is 19.6 Å². The van der Waals surface area contributed by atoms with Gasteiger partial charge in [0.25, 0.3) is 0 Å². The lowest BCUT2D eigenvalue weighted by molar-refractivity contribution is -0.128. The van der Waals surface area contributed by atoms with Gasteiger partial charge in [-0.05, 0) is 71.6 Å².